The van der Waals surface area contributed by atoms with Crippen molar-refractivity contribution in [2.75, 3.05) is 15.5 Å². The van der Waals surface area contributed by atoms with Crippen molar-refractivity contribution in [2.24, 2.45) is 0 Å². The van der Waals surface area contributed by atoms with Crippen LogP contribution in [0.1, 0.15) is 57.5 Å². The molecule has 2 aromatic heterocycles. The molecule has 12 nitrogen and oxygen atoms in total. The molecule has 5 aromatic rings. The second-order valence-electron chi connectivity index (χ2n) is 12.4. The number of nitrogens with zero attached hydrogens (tertiary/aromatic N) is 3. The summed E-state index contributed by atoms with van der Waals surface area (Å²) in [6.45, 7) is 3.22. The lowest BCUT2D eigenvalue weighted by Gasteiger charge is -2.39. The third-order valence-electron chi connectivity index (χ3n) is 9.34. The Labute approximate surface area is 307 Å². The molecule has 1 aliphatic heterocycles. The molecule has 5 amide bonds. The molecule has 54 heavy (non-hydrogen) atoms. The Morgan fingerprint density at radius 2 is 1.17 bits per heavy atom. The van der Waals surface area contributed by atoms with E-state index in [0.29, 0.717) is 28.4 Å². The average molecular weight is 757 g/mol. The van der Waals surface area contributed by atoms with Gasteiger partial charge in [0.1, 0.15) is 5.54 Å². The highest BCUT2D eigenvalue weighted by Crippen LogP contribution is 2.46. The smallest absolute Gasteiger partial charge is 0.322 e. The number of amides is 5. The van der Waals surface area contributed by atoms with Gasteiger partial charge in [-0.25, -0.2) is 18.1 Å². The summed E-state index contributed by atoms with van der Waals surface area (Å²) in [5.74, 6) is -4.12. The van der Waals surface area contributed by atoms with E-state index in [0.717, 1.165) is 12.1 Å². The zero-order chi connectivity index (χ0) is 38.8. The number of sulfone groups is 1. The Morgan fingerprint density at radius 1 is 0.722 bits per heavy atom. The van der Waals surface area contributed by atoms with E-state index in [1.165, 1.54) is 36.9 Å². The van der Waals surface area contributed by atoms with E-state index >= 15 is 0 Å². The van der Waals surface area contributed by atoms with E-state index in [2.05, 4.69) is 25.9 Å². The van der Waals surface area contributed by atoms with Crippen molar-refractivity contribution in [3.05, 3.63) is 144 Å². The van der Waals surface area contributed by atoms with Gasteiger partial charge in [0.25, 0.3) is 27.6 Å². The van der Waals surface area contributed by atoms with Gasteiger partial charge in [0.15, 0.2) is 0 Å². The van der Waals surface area contributed by atoms with Crippen LogP contribution in [0.15, 0.2) is 127 Å². The molecule has 16 heteroatoms. The van der Waals surface area contributed by atoms with E-state index in [1.807, 2.05) is 0 Å². The Bertz CT molecular complexity index is 2240. The van der Waals surface area contributed by atoms with Crippen molar-refractivity contribution >= 4 is 50.7 Å². The molecule has 276 valence electrons. The number of anilines is 3. The van der Waals surface area contributed by atoms with Crippen LogP contribution in [0.5, 0.6) is 0 Å². The number of carbonyl (C=O) groups is 4. The molecular weight excluding hydrogens is 726 g/mol. The third-order valence-corrected chi connectivity index (χ3v) is 10.8. The van der Waals surface area contributed by atoms with Crippen molar-refractivity contribution < 1.29 is 40.8 Å². The summed E-state index contributed by atoms with van der Waals surface area (Å²) in [5.41, 5.74) is -6.11. The van der Waals surface area contributed by atoms with Crippen LogP contribution in [0, 0.1) is 0 Å². The first-order valence-corrected chi connectivity index (χ1v) is 17.8. The number of aromatic nitrogens is 2. The lowest BCUT2D eigenvalue weighted by atomic mass is 9.68. The third kappa shape index (κ3) is 6.78. The van der Waals surface area contributed by atoms with E-state index in [-0.39, 0.29) is 27.9 Å². The number of halogens is 3. The summed E-state index contributed by atoms with van der Waals surface area (Å²) < 4.78 is 64.0. The fourth-order valence-corrected chi connectivity index (χ4v) is 7.31. The molecule has 0 radical (unpaired) electrons. The van der Waals surface area contributed by atoms with Gasteiger partial charge in [0.05, 0.1) is 21.7 Å². The minimum absolute atomic E-state index is 0.0689. The molecule has 0 saturated carbocycles. The number of hydrogen-bond acceptors (Lipinski definition) is 8. The molecule has 6 rings (SSSR count). The van der Waals surface area contributed by atoms with Crippen molar-refractivity contribution in [1.29, 1.82) is 0 Å². The number of rotatable bonds is 10. The van der Waals surface area contributed by atoms with E-state index in [4.69, 9.17) is 0 Å². The fourth-order valence-electron chi connectivity index (χ4n) is 6.54. The molecular formula is C38H31F3N6O6S. The van der Waals surface area contributed by atoms with E-state index in [9.17, 15) is 40.8 Å². The number of para-hydroxylation sites is 2. The molecule has 0 aliphatic carbocycles. The Morgan fingerprint density at radius 3 is 1.59 bits per heavy atom. The van der Waals surface area contributed by atoms with Gasteiger partial charge >= 0.3 is 11.5 Å². The zero-order valence-corrected chi connectivity index (χ0v) is 29.4. The number of nitrogens with one attached hydrogen (secondary N) is 3. The van der Waals surface area contributed by atoms with E-state index < -0.39 is 61.4 Å². The number of carbonyl (C=O) groups excluding carboxylic acids is 4. The highest BCUT2D eigenvalue weighted by Gasteiger charge is 2.59. The van der Waals surface area contributed by atoms with Crippen LogP contribution in [0.4, 0.5) is 35.0 Å². The minimum atomic E-state index is -5.73. The average Bonchev–Trinajstić information content (AvgIpc) is 3.44. The largest absolute Gasteiger partial charge is 0.501 e. The Hall–Kier alpha value is -6.42. The highest BCUT2D eigenvalue weighted by molar-refractivity contribution is 7.92. The molecule has 1 saturated heterocycles. The highest BCUT2D eigenvalue weighted by atomic mass is 32.2. The Balaban J connectivity index is 1.47. The predicted molar refractivity (Wildman–Crippen MR) is 193 cm³/mol. The zero-order valence-electron chi connectivity index (χ0n) is 28.5. The van der Waals surface area contributed by atoms with Crippen molar-refractivity contribution in [3.63, 3.8) is 0 Å². The first-order chi connectivity index (χ1) is 25.7. The number of urea groups is 1. The monoisotopic (exact) mass is 756 g/mol. The van der Waals surface area contributed by atoms with Crippen LogP contribution in [0.25, 0.3) is 0 Å². The van der Waals surface area contributed by atoms with Crippen LogP contribution in [-0.2, 0) is 14.6 Å². The van der Waals surface area contributed by atoms with Crippen LogP contribution < -0.4 is 20.9 Å². The number of pyridine rings is 2. The minimum Gasteiger partial charge on any atom is -0.322 e. The van der Waals surface area contributed by atoms with Gasteiger partial charge in [-0.05, 0) is 71.8 Å². The summed E-state index contributed by atoms with van der Waals surface area (Å²) in [4.78, 5) is 64.2. The molecule has 3 N–H and O–H groups in total. The van der Waals surface area contributed by atoms with Crippen molar-refractivity contribution in [1.82, 2.24) is 15.3 Å². The second-order valence-corrected chi connectivity index (χ2v) is 14.3. The SMILES string of the molecule is CC(c1ccncc1C(=O)Nc1ccccc1)C1(C(C)c2ccncc2C(=O)Nc2ccccc2)NC(=O)N(c2ccc(S(=O)(=O)C(F)(F)F)cc2)C1=O. The Kier molecular flexibility index (Phi) is 10.1. The number of hydrogen-bond donors (Lipinski definition) is 3. The number of alkyl halides is 3. The van der Waals surface area contributed by atoms with Gasteiger partial charge in [-0.1, -0.05) is 50.2 Å². The quantitative estimate of drug-likeness (QED) is 0.133. The van der Waals surface area contributed by atoms with Crippen LogP contribution in [0.3, 0.4) is 0 Å². The summed E-state index contributed by atoms with van der Waals surface area (Å²) in [5, 5.41) is 8.39. The molecule has 3 heterocycles. The molecule has 0 spiro atoms. The second kappa shape index (κ2) is 14.5. The fraction of sp³-hybridized carbons (Fsp3) is 0.158. The summed E-state index contributed by atoms with van der Waals surface area (Å²) in [6, 6.07) is 22.3. The molecule has 1 fully saturated rings. The van der Waals surface area contributed by atoms with Crippen LogP contribution in [-0.4, -0.2) is 53.2 Å². The van der Waals surface area contributed by atoms with Crippen molar-refractivity contribution in [2.45, 2.75) is 41.6 Å². The number of benzene rings is 3. The molecule has 2 atom stereocenters. The van der Waals surface area contributed by atoms with Gasteiger partial charge in [-0.3, -0.25) is 24.4 Å². The van der Waals surface area contributed by atoms with Crippen LogP contribution in [0.2, 0.25) is 0 Å². The maximum atomic E-state index is 15.0. The molecule has 0 bridgehead atoms. The van der Waals surface area contributed by atoms with Gasteiger partial charge < -0.3 is 16.0 Å². The maximum Gasteiger partial charge on any atom is 0.501 e. The molecule has 2 unspecified atom stereocenters. The van der Waals surface area contributed by atoms with Crippen molar-refractivity contribution in [3.8, 4) is 0 Å². The lowest BCUT2D eigenvalue weighted by molar-refractivity contribution is -0.123. The predicted octanol–water partition coefficient (Wildman–Crippen LogP) is 6.68. The van der Waals surface area contributed by atoms with Gasteiger partial charge in [0, 0.05) is 48.0 Å². The van der Waals surface area contributed by atoms with Gasteiger partial charge in [-0.2, -0.15) is 13.2 Å². The first-order valence-electron chi connectivity index (χ1n) is 16.4. The molecule has 3 aromatic carbocycles. The van der Waals surface area contributed by atoms with Gasteiger partial charge in [0.2, 0.25) is 0 Å². The molecule has 1 aliphatic rings. The van der Waals surface area contributed by atoms with Crippen LogP contribution >= 0.6 is 0 Å². The first kappa shape index (κ1) is 37.3. The lowest BCUT2D eigenvalue weighted by Crippen LogP contribution is -2.55. The van der Waals surface area contributed by atoms with E-state index in [1.54, 1.807) is 74.5 Å². The normalized spacial score (nSPS) is 17.0. The summed E-state index contributed by atoms with van der Waals surface area (Å²) in [7, 11) is -5.73. The standard InChI is InChI=1S/C38H31F3N6O6S/c1-23(29-17-19-42-21-31(29)33(48)44-25-9-5-3-6-10-25)37(24(2)30-18-20-43-22-32(30)34(49)45-26-11-7-4-8-12-26)35(50)47(36(51)46-37)27-13-15-28(16-14-27)54(52,53)38(39,40)41/h3-24H,1-2H3,(H,44,48)(H,45,49)(H,46,51). The van der Waals surface area contributed by atoms with Gasteiger partial charge in [-0.15, -0.1) is 0 Å². The topological polar surface area (TPSA) is 168 Å². The summed E-state index contributed by atoms with van der Waals surface area (Å²) in [6.07, 6.45) is 5.44. The maximum absolute atomic E-state index is 15.0. The summed E-state index contributed by atoms with van der Waals surface area (Å²) >= 11 is 0. The number of imide groups is 1.